The first kappa shape index (κ1) is 16.8. The summed E-state index contributed by atoms with van der Waals surface area (Å²) >= 11 is 3.10. The van der Waals surface area contributed by atoms with Gasteiger partial charge in [0.1, 0.15) is 0 Å². The zero-order valence-corrected chi connectivity index (χ0v) is 14.5. The number of nitrogens with zero attached hydrogens (tertiary/aromatic N) is 3. The Bertz CT molecular complexity index is 925. The second kappa shape index (κ2) is 7.27. The highest BCUT2D eigenvalue weighted by atomic mass is 79.9. The average Bonchev–Trinajstić information content (AvgIpc) is 3.02. The summed E-state index contributed by atoms with van der Waals surface area (Å²) in [6.07, 6.45) is 3.24. The molecular formula is C17H13BrN4O3. The van der Waals surface area contributed by atoms with Crippen molar-refractivity contribution in [1.82, 2.24) is 9.78 Å². The van der Waals surface area contributed by atoms with Gasteiger partial charge in [0.15, 0.2) is 0 Å². The number of hydrogen-bond donors (Lipinski definition) is 1. The average molecular weight is 401 g/mol. The number of aromatic nitrogens is 2. The van der Waals surface area contributed by atoms with E-state index in [2.05, 4.69) is 26.3 Å². The minimum absolute atomic E-state index is 0.160. The van der Waals surface area contributed by atoms with Crippen LogP contribution >= 0.6 is 15.9 Å². The number of nitro benzene ring substituents is 1. The van der Waals surface area contributed by atoms with Gasteiger partial charge in [-0.3, -0.25) is 19.6 Å². The van der Waals surface area contributed by atoms with E-state index in [9.17, 15) is 14.9 Å². The van der Waals surface area contributed by atoms with Crippen LogP contribution in [0.1, 0.15) is 15.9 Å². The fourth-order valence-corrected chi connectivity index (χ4v) is 2.67. The van der Waals surface area contributed by atoms with E-state index < -0.39 is 10.8 Å². The summed E-state index contributed by atoms with van der Waals surface area (Å²) < 4.78 is 2.03. The molecule has 0 aliphatic rings. The summed E-state index contributed by atoms with van der Waals surface area (Å²) in [5.74, 6) is -0.435. The Morgan fingerprint density at radius 2 is 2.00 bits per heavy atom. The van der Waals surface area contributed by atoms with Crippen LogP contribution in [0.25, 0.3) is 0 Å². The standard InChI is InChI=1S/C17H13BrN4O3/c18-15-7-6-13(8-16(15)22(24)25)17(23)20-14-9-19-21(11-14)10-12-4-2-1-3-5-12/h1-9,11H,10H2,(H,20,23). The van der Waals surface area contributed by atoms with Crippen molar-refractivity contribution in [3.05, 3.63) is 86.6 Å². The molecule has 3 rings (SSSR count). The number of halogens is 1. The number of amides is 1. The molecule has 2 aromatic carbocycles. The van der Waals surface area contributed by atoms with Crippen LogP contribution in [0, 0.1) is 10.1 Å². The van der Waals surface area contributed by atoms with Gasteiger partial charge in [0.2, 0.25) is 0 Å². The Labute approximate surface area is 151 Å². The van der Waals surface area contributed by atoms with Crippen LogP contribution in [0.15, 0.2) is 65.4 Å². The number of carbonyl (C=O) groups excluding carboxylic acids is 1. The number of benzene rings is 2. The smallest absolute Gasteiger partial charge is 0.284 e. The number of rotatable bonds is 5. The predicted octanol–water partition coefficient (Wildman–Crippen LogP) is 3.85. The second-order valence-corrected chi connectivity index (χ2v) is 6.14. The Morgan fingerprint density at radius 1 is 1.24 bits per heavy atom. The number of nitro groups is 1. The molecule has 25 heavy (non-hydrogen) atoms. The van der Waals surface area contributed by atoms with E-state index in [-0.39, 0.29) is 11.3 Å². The van der Waals surface area contributed by atoms with Crippen LogP contribution in [-0.4, -0.2) is 20.6 Å². The third-order valence-electron chi connectivity index (χ3n) is 3.48. The lowest BCUT2D eigenvalue weighted by molar-refractivity contribution is -0.385. The first-order valence-electron chi connectivity index (χ1n) is 7.34. The highest BCUT2D eigenvalue weighted by Crippen LogP contribution is 2.26. The molecule has 8 heteroatoms. The van der Waals surface area contributed by atoms with Crippen molar-refractivity contribution in [2.45, 2.75) is 6.54 Å². The Hall–Kier alpha value is -3.00. The topological polar surface area (TPSA) is 90.1 Å². The minimum Gasteiger partial charge on any atom is -0.319 e. The van der Waals surface area contributed by atoms with Gasteiger partial charge in [-0.15, -0.1) is 0 Å². The summed E-state index contributed by atoms with van der Waals surface area (Å²) in [6.45, 7) is 0.584. The molecule has 0 spiro atoms. The van der Waals surface area contributed by atoms with Crippen LogP contribution in [0.4, 0.5) is 11.4 Å². The van der Waals surface area contributed by atoms with Crippen molar-refractivity contribution in [2.24, 2.45) is 0 Å². The SMILES string of the molecule is O=C(Nc1cnn(Cc2ccccc2)c1)c1ccc(Br)c([N+](=O)[O-])c1. The molecule has 0 atom stereocenters. The van der Waals surface area contributed by atoms with E-state index in [0.29, 0.717) is 16.7 Å². The Morgan fingerprint density at radius 3 is 2.72 bits per heavy atom. The molecule has 0 unspecified atom stereocenters. The van der Waals surface area contributed by atoms with E-state index in [1.165, 1.54) is 24.4 Å². The van der Waals surface area contributed by atoms with Gasteiger partial charge in [0.05, 0.1) is 27.8 Å². The quantitative estimate of drug-likeness (QED) is 0.519. The minimum atomic E-state index is -0.543. The summed E-state index contributed by atoms with van der Waals surface area (Å²) in [7, 11) is 0. The summed E-state index contributed by atoms with van der Waals surface area (Å²) in [5, 5.41) is 17.9. The lowest BCUT2D eigenvalue weighted by Crippen LogP contribution is -2.11. The largest absolute Gasteiger partial charge is 0.319 e. The Balaban J connectivity index is 1.71. The lowest BCUT2D eigenvalue weighted by Gasteiger charge is -2.04. The monoisotopic (exact) mass is 400 g/mol. The molecule has 1 amide bonds. The van der Waals surface area contributed by atoms with Crippen molar-refractivity contribution in [1.29, 1.82) is 0 Å². The maximum atomic E-state index is 12.3. The van der Waals surface area contributed by atoms with Crippen LogP contribution in [0.2, 0.25) is 0 Å². The number of carbonyl (C=O) groups is 1. The van der Waals surface area contributed by atoms with Gasteiger partial charge in [0, 0.05) is 17.8 Å². The highest BCUT2D eigenvalue weighted by Gasteiger charge is 2.16. The molecular weight excluding hydrogens is 388 g/mol. The van der Waals surface area contributed by atoms with E-state index in [1.54, 1.807) is 10.9 Å². The molecule has 1 N–H and O–H groups in total. The number of nitrogens with one attached hydrogen (secondary N) is 1. The van der Waals surface area contributed by atoms with Gasteiger partial charge in [0.25, 0.3) is 11.6 Å². The molecule has 1 aromatic heterocycles. The highest BCUT2D eigenvalue weighted by molar-refractivity contribution is 9.10. The van der Waals surface area contributed by atoms with Gasteiger partial charge in [-0.1, -0.05) is 30.3 Å². The Kier molecular flexibility index (Phi) is 4.90. The molecule has 7 nitrogen and oxygen atoms in total. The summed E-state index contributed by atoms with van der Waals surface area (Å²) in [6, 6.07) is 14.0. The van der Waals surface area contributed by atoms with Gasteiger partial charge in [-0.05, 0) is 33.6 Å². The molecule has 3 aromatic rings. The fraction of sp³-hybridized carbons (Fsp3) is 0.0588. The summed E-state index contributed by atoms with van der Waals surface area (Å²) in [4.78, 5) is 22.7. The zero-order valence-electron chi connectivity index (χ0n) is 12.9. The van der Waals surface area contributed by atoms with E-state index in [0.717, 1.165) is 5.56 Å². The van der Waals surface area contributed by atoms with Crippen molar-refractivity contribution in [3.63, 3.8) is 0 Å². The molecule has 0 radical (unpaired) electrons. The van der Waals surface area contributed by atoms with E-state index >= 15 is 0 Å². The fourth-order valence-electron chi connectivity index (χ4n) is 2.28. The maximum absolute atomic E-state index is 12.3. The molecule has 1 heterocycles. The first-order valence-corrected chi connectivity index (χ1v) is 8.14. The molecule has 126 valence electrons. The van der Waals surface area contributed by atoms with E-state index in [4.69, 9.17) is 0 Å². The third-order valence-corrected chi connectivity index (χ3v) is 4.15. The van der Waals surface area contributed by atoms with E-state index in [1.807, 2.05) is 30.3 Å². The van der Waals surface area contributed by atoms with Crippen molar-refractivity contribution in [2.75, 3.05) is 5.32 Å². The van der Waals surface area contributed by atoms with Gasteiger partial charge >= 0.3 is 0 Å². The summed E-state index contributed by atoms with van der Waals surface area (Å²) in [5.41, 5.74) is 1.65. The number of anilines is 1. The van der Waals surface area contributed by atoms with Gasteiger partial charge in [-0.25, -0.2) is 0 Å². The van der Waals surface area contributed by atoms with Crippen LogP contribution in [0.3, 0.4) is 0 Å². The van der Waals surface area contributed by atoms with Crippen molar-refractivity contribution < 1.29 is 9.72 Å². The van der Waals surface area contributed by atoms with Crippen molar-refractivity contribution >= 4 is 33.2 Å². The maximum Gasteiger partial charge on any atom is 0.284 e. The van der Waals surface area contributed by atoms with Crippen LogP contribution < -0.4 is 5.32 Å². The second-order valence-electron chi connectivity index (χ2n) is 5.29. The molecule has 0 fully saturated rings. The molecule has 0 aliphatic heterocycles. The molecule has 0 saturated carbocycles. The van der Waals surface area contributed by atoms with Crippen LogP contribution in [0.5, 0.6) is 0 Å². The molecule has 0 saturated heterocycles. The van der Waals surface area contributed by atoms with Crippen LogP contribution in [-0.2, 0) is 6.54 Å². The zero-order chi connectivity index (χ0) is 17.8. The molecule has 0 aliphatic carbocycles. The molecule has 0 bridgehead atoms. The van der Waals surface area contributed by atoms with Crippen molar-refractivity contribution in [3.8, 4) is 0 Å². The normalized spacial score (nSPS) is 10.4. The first-order chi connectivity index (χ1) is 12.0. The lowest BCUT2D eigenvalue weighted by atomic mass is 10.2. The third kappa shape index (κ3) is 4.10. The number of hydrogen-bond acceptors (Lipinski definition) is 4. The predicted molar refractivity (Wildman–Crippen MR) is 96.5 cm³/mol. The van der Waals surface area contributed by atoms with Gasteiger partial charge in [-0.2, -0.15) is 5.10 Å². The van der Waals surface area contributed by atoms with Gasteiger partial charge < -0.3 is 5.32 Å².